The number of aliphatic carboxylic acids is 1. The summed E-state index contributed by atoms with van der Waals surface area (Å²) in [6.45, 7) is 3.59. The Labute approximate surface area is 462 Å². The van der Waals surface area contributed by atoms with Crippen LogP contribution in [0.5, 0.6) is 0 Å². The lowest BCUT2D eigenvalue weighted by Crippen LogP contribution is -2.80. The van der Waals surface area contributed by atoms with Crippen molar-refractivity contribution in [2.75, 3.05) is 0 Å². The molecular weight excluding hydrogens is 991 g/mol. The molecule has 0 radical (unpaired) electrons. The number of nitrogens with two attached hydrogens (primary N) is 2. The van der Waals surface area contributed by atoms with E-state index in [2.05, 4.69) is 55.2 Å². The molecule has 12 nitrogen and oxygen atoms in total. The number of carbonyl (C=O) groups is 3. The van der Waals surface area contributed by atoms with Crippen molar-refractivity contribution in [2.45, 2.75) is 189 Å². The molecule has 0 aromatic heterocycles. The van der Waals surface area contributed by atoms with Crippen LogP contribution in [0.2, 0.25) is 0 Å². The van der Waals surface area contributed by atoms with Crippen molar-refractivity contribution in [3.8, 4) is 11.8 Å². The van der Waals surface area contributed by atoms with Crippen LogP contribution < -0.4 is 11.5 Å². The van der Waals surface area contributed by atoms with Crippen LogP contribution in [0.15, 0.2) is 104 Å². The second kappa shape index (κ2) is 15.1. The van der Waals surface area contributed by atoms with Crippen LogP contribution in [0.3, 0.4) is 0 Å². The third-order valence-electron chi connectivity index (χ3n) is 26.5. The lowest BCUT2D eigenvalue weighted by molar-refractivity contribution is -0.257. The summed E-state index contributed by atoms with van der Waals surface area (Å²) in [5.41, 5.74) is 2.79. The molecule has 16 rings (SSSR count). The minimum Gasteiger partial charge on any atom is -0.478 e. The van der Waals surface area contributed by atoms with Crippen LogP contribution in [-0.2, 0) is 20.8 Å². The number of aliphatic imine (C=N–C) groups is 1. The van der Waals surface area contributed by atoms with Crippen molar-refractivity contribution in [3.05, 3.63) is 110 Å². The van der Waals surface area contributed by atoms with Gasteiger partial charge in [0.1, 0.15) is 33.7 Å². The average molecular weight is 1070 g/mol. The number of aliphatic hydroxyl groups is 5. The number of hydrogen-bond donors (Lipinski definition) is 8. The molecule has 16 atom stereocenters. The molecule has 0 aliphatic heterocycles. The summed E-state index contributed by atoms with van der Waals surface area (Å²) >= 11 is 0. The molecule has 9 bridgehead atoms. The van der Waals surface area contributed by atoms with Crippen LogP contribution in [0.25, 0.3) is 6.08 Å². The van der Waals surface area contributed by atoms with E-state index in [-0.39, 0.29) is 73.6 Å². The SMILES string of the molecule is C/C(C(=O)O)=C1/CC[C@]2(N=C(N)N)C=C[C@@]34[C@@H]5C[C@@H](O)C6(CCCC6)C[C@H]6C(=O)C7=C8[C@@]9%10CCC#CC[C@]%11(C)C(=O)CC[C@@]7(CCCCC[C@@]639)[C@@H]%11[C@@H](C3=Cc6ccccc6CC3)[C@]8(O)C=C3CC6=C(C(=CC6)[C@]1(O)[C@]52O)[C@@H]4[C@@]3%10O. The molecule has 0 unspecified atom stereocenters. The number of allylic oxidation sites excluding steroid dienone is 4. The Morgan fingerprint density at radius 1 is 0.873 bits per heavy atom. The van der Waals surface area contributed by atoms with Gasteiger partial charge in [0, 0.05) is 81.2 Å². The quantitative estimate of drug-likeness (QED) is 0.0477. The first-order valence-corrected chi connectivity index (χ1v) is 30.2. The molecule has 79 heavy (non-hydrogen) atoms. The number of carboxylic acids is 1. The lowest BCUT2D eigenvalue weighted by atomic mass is 9.28. The minimum atomic E-state index is -2.49. The van der Waals surface area contributed by atoms with E-state index in [4.69, 9.17) is 16.5 Å². The number of carbonyl (C=O) groups excluding carboxylic acids is 2. The molecule has 15 aliphatic carbocycles. The molecule has 412 valence electrons. The fourth-order valence-electron chi connectivity index (χ4n) is 24.3. The van der Waals surface area contributed by atoms with Gasteiger partial charge in [0.15, 0.2) is 11.7 Å². The second-order valence-electron chi connectivity index (χ2n) is 28.4. The highest BCUT2D eigenvalue weighted by Gasteiger charge is 2.95. The van der Waals surface area contributed by atoms with E-state index in [9.17, 15) is 20.1 Å². The van der Waals surface area contributed by atoms with Crippen molar-refractivity contribution < 1.29 is 45.0 Å². The number of hydrogen-bond acceptors (Lipinski definition) is 9. The predicted octanol–water partition coefficient (Wildman–Crippen LogP) is 7.87. The molecule has 15 aliphatic rings. The first-order chi connectivity index (χ1) is 37.7. The van der Waals surface area contributed by atoms with E-state index in [1.807, 2.05) is 18.2 Å². The Morgan fingerprint density at radius 3 is 2.43 bits per heavy atom. The van der Waals surface area contributed by atoms with Crippen LogP contribution >= 0.6 is 0 Å². The molecule has 1 aromatic rings. The van der Waals surface area contributed by atoms with Crippen LogP contribution in [0.1, 0.15) is 160 Å². The van der Waals surface area contributed by atoms with Crippen molar-refractivity contribution in [2.24, 2.45) is 78.5 Å². The van der Waals surface area contributed by atoms with Gasteiger partial charge in [-0.05, 0) is 153 Å². The first-order valence-electron chi connectivity index (χ1n) is 30.2. The van der Waals surface area contributed by atoms with Gasteiger partial charge in [0.05, 0.1) is 6.10 Å². The standard InChI is InChI=1S/C67H75N3O9/c1-36(55(74)75)42-19-28-60(70-56(68)69)29-30-61-45-33-47(72)58(22-11-12-23-58)35-44-51(73)50-54-62(76)34-41-32-39-17-18-43(66(42,78)67(45,60)79)48(39)52(61)65(41,77)64(54)26-10-3-7-21-57(2)46(71)20-27-59(50,24-8-4-9-25-63(44,61)64)53(57)49(62)40-16-15-37-13-5-6-14-38(37)31-40/h5-6,13-14,18,29-31,34,44-45,47,49,52-53,72,76-79H,4,8-12,15-17,19-28,32-33,35H2,1-2H3,(H,74,75)(H4,68,69,70)/b42-36+/t44-,45-,47+,49+,52-,53+,57+,59+,60-,61-,62+,63+,64-,65-,66-,67-/m0/s1. The topological polar surface area (TPSA) is 237 Å². The van der Waals surface area contributed by atoms with Crippen LogP contribution in [-0.4, -0.2) is 88.2 Å². The zero-order valence-electron chi connectivity index (χ0n) is 45.7. The Balaban J connectivity index is 1.15. The molecule has 0 heterocycles. The van der Waals surface area contributed by atoms with Crippen molar-refractivity contribution in [1.29, 1.82) is 0 Å². The highest BCUT2D eigenvalue weighted by molar-refractivity contribution is 6.05. The highest BCUT2D eigenvalue weighted by Crippen LogP contribution is 2.93. The van der Waals surface area contributed by atoms with E-state index in [0.29, 0.717) is 92.1 Å². The Morgan fingerprint density at radius 2 is 1.65 bits per heavy atom. The molecule has 10 N–H and O–H groups in total. The monoisotopic (exact) mass is 1070 g/mol. The molecule has 7 fully saturated rings. The molecule has 1 aromatic carbocycles. The number of Topliss-reactive ketones (excluding diaryl/α,β-unsaturated/α-hetero) is 2. The zero-order chi connectivity index (χ0) is 54.7. The smallest absolute Gasteiger partial charge is 0.331 e. The second-order valence-corrected chi connectivity index (χ2v) is 28.4. The lowest BCUT2D eigenvalue weighted by Gasteiger charge is -2.75. The number of fused-ring (bicyclic) bond motifs is 2. The molecule has 0 saturated heterocycles. The maximum absolute atomic E-state index is 18.1. The Hall–Kier alpha value is -5.16. The molecule has 5 spiro atoms. The number of aliphatic hydroxyl groups excluding tert-OH is 1. The number of aryl methyl sites for hydroxylation is 1. The molecule has 0 amide bonds. The van der Waals surface area contributed by atoms with Gasteiger partial charge in [-0.3, -0.25) is 9.59 Å². The number of guanidine groups is 1. The summed E-state index contributed by atoms with van der Waals surface area (Å²) in [6.07, 6.45) is 19.2. The fraction of sp³-hybridized carbons (Fsp3) is 0.612. The summed E-state index contributed by atoms with van der Waals surface area (Å²) in [5, 5.41) is 87.0. The third-order valence-corrected chi connectivity index (χ3v) is 26.5. The van der Waals surface area contributed by atoms with Gasteiger partial charge in [0.25, 0.3) is 0 Å². The summed E-state index contributed by atoms with van der Waals surface area (Å²) in [5.74, 6) is 1.56. The van der Waals surface area contributed by atoms with Gasteiger partial charge in [-0.15, -0.1) is 11.8 Å². The van der Waals surface area contributed by atoms with Crippen molar-refractivity contribution >= 4 is 29.6 Å². The summed E-state index contributed by atoms with van der Waals surface area (Å²) in [4.78, 5) is 52.2. The van der Waals surface area contributed by atoms with Crippen molar-refractivity contribution in [1.82, 2.24) is 0 Å². The summed E-state index contributed by atoms with van der Waals surface area (Å²) in [7, 11) is 0. The maximum atomic E-state index is 18.1. The van der Waals surface area contributed by atoms with Crippen LogP contribution in [0, 0.1) is 73.9 Å². The van der Waals surface area contributed by atoms with E-state index < -0.39 is 102 Å². The van der Waals surface area contributed by atoms with Gasteiger partial charge >= 0.3 is 5.97 Å². The number of rotatable bonds is 3. The van der Waals surface area contributed by atoms with Gasteiger partial charge in [0.2, 0.25) is 0 Å². The average Bonchev–Trinajstić information content (AvgIpc) is 3.52. The number of ketones is 2. The van der Waals surface area contributed by atoms with Crippen LogP contribution in [0.4, 0.5) is 0 Å². The maximum Gasteiger partial charge on any atom is 0.331 e. The van der Waals surface area contributed by atoms with E-state index in [0.717, 1.165) is 48.8 Å². The fourth-order valence-corrected chi connectivity index (χ4v) is 24.3. The number of nitrogens with zero attached hydrogens (tertiary/aromatic N) is 1. The van der Waals surface area contributed by atoms with E-state index >= 15 is 24.9 Å². The van der Waals surface area contributed by atoms with E-state index in [1.165, 1.54) is 12.5 Å². The Kier molecular flexibility index (Phi) is 9.48. The highest BCUT2D eigenvalue weighted by atomic mass is 16.4. The number of carboxylic acid groups (broad SMARTS) is 1. The van der Waals surface area contributed by atoms with Gasteiger partial charge < -0.3 is 42.1 Å². The first kappa shape index (κ1) is 49.6. The van der Waals surface area contributed by atoms with E-state index in [1.54, 1.807) is 0 Å². The van der Waals surface area contributed by atoms with Gasteiger partial charge in [-0.1, -0.05) is 98.7 Å². The zero-order valence-corrected chi connectivity index (χ0v) is 45.7. The number of benzene rings is 1. The van der Waals surface area contributed by atoms with Gasteiger partial charge in [-0.2, -0.15) is 0 Å². The largest absolute Gasteiger partial charge is 0.478 e. The molecule has 7 saturated carbocycles. The molecular formula is C67H75N3O9. The minimum absolute atomic E-state index is 0.0227. The summed E-state index contributed by atoms with van der Waals surface area (Å²) in [6, 6.07) is 8.44. The normalized spacial score (nSPS) is 48.9. The van der Waals surface area contributed by atoms with Crippen molar-refractivity contribution in [3.63, 3.8) is 0 Å². The predicted molar refractivity (Wildman–Crippen MR) is 295 cm³/mol. The Bertz CT molecular complexity index is 3460. The van der Waals surface area contributed by atoms with Gasteiger partial charge in [-0.25, -0.2) is 9.79 Å². The molecule has 12 heteroatoms. The third kappa shape index (κ3) is 4.95. The summed E-state index contributed by atoms with van der Waals surface area (Å²) < 4.78 is 0.